The summed E-state index contributed by atoms with van der Waals surface area (Å²) in [5, 5.41) is 0. The number of carbonyl (C=O) groups is 3. The molecule has 6 heteroatoms. The average Bonchev–Trinajstić information content (AvgIpc) is 3.43. The third-order valence-corrected chi connectivity index (χ3v) is 13.8. The lowest BCUT2D eigenvalue weighted by Gasteiger charge is -2.18. The monoisotopic (exact) mass is 1070 g/mol. The van der Waals surface area contributed by atoms with Crippen molar-refractivity contribution in [3.05, 3.63) is 109 Å². The number of ether oxygens (including phenoxy) is 3. The Kier molecular flexibility index (Phi) is 61.3. The number of unbranched alkanes of at least 4 members (excludes halogenated alkanes) is 29. The Bertz CT molecular complexity index is 1560. The van der Waals surface area contributed by atoms with E-state index in [0.717, 1.165) is 116 Å². The van der Waals surface area contributed by atoms with Crippen LogP contribution in [0.2, 0.25) is 0 Å². The normalized spacial score (nSPS) is 12.8. The fourth-order valence-electron chi connectivity index (χ4n) is 8.93. The number of hydrogen-bond donors (Lipinski definition) is 0. The lowest BCUT2D eigenvalue weighted by atomic mass is 10.0. The highest BCUT2D eigenvalue weighted by atomic mass is 16.6. The van der Waals surface area contributed by atoms with Gasteiger partial charge in [-0.3, -0.25) is 14.4 Å². The van der Waals surface area contributed by atoms with Crippen LogP contribution in [0.5, 0.6) is 0 Å². The third kappa shape index (κ3) is 62.8. The number of rotatable bonds is 58. The molecule has 0 spiro atoms. The summed E-state index contributed by atoms with van der Waals surface area (Å²) in [4.78, 5) is 38.3. The first-order valence-electron chi connectivity index (χ1n) is 32.4. The van der Waals surface area contributed by atoms with Gasteiger partial charge in [-0.1, -0.05) is 291 Å². The first-order valence-corrected chi connectivity index (χ1v) is 32.4. The summed E-state index contributed by atoms with van der Waals surface area (Å²) >= 11 is 0. The highest BCUT2D eigenvalue weighted by molar-refractivity contribution is 5.71. The molecule has 0 aliphatic heterocycles. The van der Waals surface area contributed by atoms with Gasteiger partial charge in [-0.25, -0.2) is 0 Å². The summed E-state index contributed by atoms with van der Waals surface area (Å²) in [6, 6.07) is 0. The van der Waals surface area contributed by atoms with Gasteiger partial charge in [-0.2, -0.15) is 0 Å². The topological polar surface area (TPSA) is 78.9 Å². The van der Waals surface area contributed by atoms with E-state index in [1.807, 2.05) is 0 Å². The van der Waals surface area contributed by atoms with E-state index in [9.17, 15) is 14.4 Å². The van der Waals surface area contributed by atoms with Gasteiger partial charge in [0.2, 0.25) is 0 Å². The van der Waals surface area contributed by atoms with Crippen LogP contribution in [0.3, 0.4) is 0 Å². The Labute approximate surface area is 476 Å². The Hall–Kier alpha value is -3.93. The zero-order chi connectivity index (χ0) is 55.7. The summed E-state index contributed by atoms with van der Waals surface area (Å²) < 4.78 is 16.9. The SMILES string of the molecule is CC/C=C\C/C=C\C/C=C\C/C=C\C/C=C\C/C=C\C/C=C\CCCC(=O)OCC(COC(=O)CCCCCCC/C=C\C/C=C\CCCCC)OC(=O)CCCCCCCCCCCCCCCCCCCCCCC. The first kappa shape index (κ1) is 73.1. The summed E-state index contributed by atoms with van der Waals surface area (Å²) in [6.45, 7) is 6.47. The molecule has 0 aromatic carbocycles. The van der Waals surface area contributed by atoms with E-state index in [1.54, 1.807) is 0 Å². The van der Waals surface area contributed by atoms with Crippen LogP contribution in [-0.4, -0.2) is 37.2 Å². The summed E-state index contributed by atoms with van der Waals surface area (Å²) in [7, 11) is 0. The van der Waals surface area contributed by atoms with Crippen molar-refractivity contribution in [2.24, 2.45) is 0 Å². The largest absolute Gasteiger partial charge is 0.462 e. The van der Waals surface area contributed by atoms with Crippen LogP contribution < -0.4 is 0 Å². The molecule has 0 amide bonds. The van der Waals surface area contributed by atoms with Crippen molar-refractivity contribution in [2.45, 2.75) is 309 Å². The van der Waals surface area contributed by atoms with Gasteiger partial charge in [0.1, 0.15) is 13.2 Å². The summed E-state index contributed by atoms with van der Waals surface area (Å²) in [5.41, 5.74) is 0. The number of hydrogen-bond acceptors (Lipinski definition) is 6. The second kappa shape index (κ2) is 64.6. The molecule has 77 heavy (non-hydrogen) atoms. The lowest BCUT2D eigenvalue weighted by Crippen LogP contribution is -2.30. The predicted octanol–water partition coefficient (Wildman–Crippen LogP) is 22.2. The van der Waals surface area contributed by atoms with Crippen LogP contribution in [0.1, 0.15) is 303 Å². The Morgan fingerprint density at radius 2 is 0.519 bits per heavy atom. The van der Waals surface area contributed by atoms with Crippen LogP contribution in [0, 0.1) is 0 Å². The van der Waals surface area contributed by atoms with Crippen molar-refractivity contribution < 1.29 is 28.6 Å². The molecule has 6 nitrogen and oxygen atoms in total. The molecule has 0 aliphatic carbocycles. The molecule has 0 saturated heterocycles. The molecule has 0 bridgehead atoms. The molecule has 0 radical (unpaired) electrons. The molecule has 0 N–H and O–H groups in total. The van der Waals surface area contributed by atoms with Crippen molar-refractivity contribution >= 4 is 17.9 Å². The van der Waals surface area contributed by atoms with E-state index in [0.29, 0.717) is 19.3 Å². The maximum Gasteiger partial charge on any atom is 0.306 e. The maximum atomic E-state index is 12.9. The molecule has 0 aromatic heterocycles. The molecule has 0 fully saturated rings. The fourth-order valence-corrected chi connectivity index (χ4v) is 8.93. The maximum absolute atomic E-state index is 12.9. The second-order valence-corrected chi connectivity index (χ2v) is 21.3. The van der Waals surface area contributed by atoms with E-state index in [1.165, 1.54) is 141 Å². The van der Waals surface area contributed by atoms with Crippen molar-refractivity contribution in [3.63, 3.8) is 0 Å². The standard InChI is InChI=1S/C71H120O6/c1-4-7-10-13-16-19-22-25-28-30-32-34-35-37-38-40-43-46-49-52-55-58-61-64-70(73)76-67-68(66-75-69(72)63-60-57-54-51-48-45-42-27-24-21-18-15-12-9-6-3)77-71(74)65-62-59-56-53-50-47-44-41-39-36-33-31-29-26-23-20-17-14-11-8-5-2/h7,10,16,18-19,21,25,27-28,32,34,37-38,42-43,46,52,55,68H,4-6,8-9,11-15,17,20,22-24,26,29-31,33,35-36,39-41,44-45,47-51,53-54,56-67H2,1-3H3/b10-7-,19-16-,21-18-,28-25-,34-32-,38-37-,42-27-,46-43-,55-52-. The third-order valence-electron chi connectivity index (χ3n) is 13.8. The lowest BCUT2D eigenvalue weighted by molar-refractivity contribution is -0.167. The Morgan fingerprint density at radius 3 is 0.870 bits per heavy atom. The molecule has 1 atom stereocenters. The zero-order valence-electron chi connectivity index (χ0n) is 50.4. The number of carbonyl (C=O) groups excluding carboxylic acids is 3. The molecule has 0 rings (SSSR count). The number of allylic oxidation sites excluding steroid dienone is 18. The zero-order valence-corrected chi connectivity index (χ0v) is 50.4. The molecular weight excluding hydrogens is 949 g/mol. The van der Waals surface area contributed by atoms with Crippen molar-refractivity contribution in [3.8, 4) is 0 Å². The average molecular weight is 1070 g/mol. The molecule has 0 saturated carbocycles. The van der Waals surface area contributed by atoms with E-state index in [4.69, 9.17) is 14.2 Å². The fraction of sp³-hybridized carbons (Fsp3) is 0.704. The highest BCUT2D eigenvalue weighted by Gasteiger charge is 2.19. The summed E-state index contributed by atoms with van der Waals surface area (Å²) in [5.74, 6) is -0.967. The smallest absolute Gasteiger partial charge is 0.306 e. The second-order valence-electron chi connectivity index (χ2n) is 21.3. The molecule has 0 aromatic rings. The van der Waals surface area contributed by atoms with E-state index in [2.05, 4.69) is 130 Å². The highest BCUT2D eigenvalue weighted by Crippen LogP contribution is 2.17. The van der Waals surface area contributed by atoms with Gasteiger partial charge in [0, 0.05) is 19.3 Å². The Balaban J connectivity index is 4.46. The van der Waals surface area contributed by atoms with Crippen LogP contribution >= 0.6 is 0 Å². The van der Waals surface area contributed by atoms with Gasteiger partial charge in [-0.05, 0) is 103 Å². The van der Waals surface area contributed by atoms with Gasteiger partial charge >= 0.3 is 17.9 Å². The molecule has 1 unspecified atom stereocenters. The van der Waals surface area contributed by atoms with Crippen molar-refractivity contribution in [2.75, 3.05) is 13.2 Å². The van der Waals surface area contributed by atoms with Gasteiger partial charge < -0.3 is 14.2 Å². The minimum atomic E-state index is -0.809. The summed E-state index contributed by atoms with van der Waals surface area (Å²) in [6.07, 6.45) is 88.1. The number of esters is 3. The van der Waals surface area contributed by atoms with E-state index >= 15 is 0 Å². The van der Waals surface area contributed by atoms with Crippen LogP contribution in [0.25, 0.3) is 0 Å². The minimum absolute atomic E-state index is 0.102. The van der Waals surface area contributed by atoms with Crippen molar-refractivity contribution in [1.29, 1.82) is 0 Å². The van der Waals surface area contributed by atoms with Gasteiger partial charge in [0.15, 0.2) is 6.10 Å². The predicted molar refractivity (Wildman–Crippen MR) is 334 cm³/mol. The van der Waals surface area contributed by atoms with E-state index < -0.39 is 6.10 Å². The van der Waals surface area contributed by atoms with Crippen molar-refractivity contribution in [1.82, 2.24) is 0 Å². The molecule has 0 heterocycles. The first-order chi connectivity index (χ1) is 38.0. The van der Waals surface area contributed by atoms with Crippen LogP contribution in [0.15, 0.2) is 109 Å². The molecular formula is C71H120O6. The molecule has 440 valence electrons. The van der Waals surface area contributed by atoms with Gasteiger partial charge in [-0.15, -0.1) is 0 Å². The van der Waals surface area contributed by atoms with Gasteiger partial charge in [0.25, 0.3) is 0 Å². The minimum Gasteiger partial charge on any atom is -0.462 e. The Morgan fingerprint density at radius 1 is 0.273 bits per heavy atom. The molecule has 0 aliphatic rings. The van der Waals surface area contributed by atoms with Gasteiger partial charge in [0.05, 0.1) is 0 Å². The van der Waals surface area contributed by atoms with E-state index in [-0.39, 0.29) is 37.5 Å². The van der Waals surface area contributed by atoms with Crippen LogP contribution in [0.4, 0.5) is 0 Å². The quantitative estimate of drug-likeness (QED) is 0.0261. The van der Waals surface area contributed by atoms with Crippen LogP contribution in [-0.2, 0) is 28.6 Å².